The van der Waals surface area contributed by atoms with Crippen LogP contribution in [-0.4, -0.2) is 20.0 Å². The van der Waals surface area contributed by atoms with Crippen LogP contribution in [0.2, 0.25) is 0 Å². The molecule has 2 heterocycles. The molecule has 0 amide bonds. The second kappa shape index (κ2) is 3.66. The van der Waals surface area contributed by atoms with Crippen molar-refractivity contribution in [2.24, 2.45) is 0 Å². The lowest BCUT2D eigenvalue weighted by atomic mass is 10.3. The lowest BCUT2D eigenvalue weighted by Crippen LogP contribution is -2.01. The SMILES string of the molecule is Cc1ncsc1CCn1ccnn1. The number of aromatic nitrogens is 4. The van der Waals surface area contributed by atoms with Crippen LogP contribution < -0.4 is 0 Å². The summed E-state index contributed by atoms with van der Waals surface area (Å²) in [6.07, 6.45) is 4.55. The highest BCUT2D eigenvalue weighted by molar-refractivity contribution is 7.09. The Morgan fingerprint density at radius 1 is 1.54 bits per heavy atom. The molecule has 0 N–H and O–H groups in total. The Hall–Kier alpha value is -1.23. The summed E-state index contributed by atoms with van der Waals surface area (Å²) < 4.78 is 1.83. The summed E-state index contributed by atoms with van der Waals surface area (Å²) >= 11 is 1.70. The fourth-order valence-corrected chi connectivity index (χ4v) is 1.90. The number of nitrogens with zero attached hydrogens (tertiary/aromatic N) is 4. The van der Waals surface area contributed by atoms with Gasteiger partial charge in [-0.25, -0.2) is 4.98 Å². The van der Waals surface area contributed by atoms with E-state index in [1.807, 2.05) is 23.3 Å². The number of rotatable bonds is 3. The summed E-state index contributed by atoms with van der Waals surface area (Å²) in [5.41, 5.74) is 3.01. The Labute approximate surface area is 80.2 Å². The second-order valence-electron chi connectivity index (χ2n) is 2.78. The van der Waals surface area contributed by atoms with Crippen LogP contribution in [0.4, 0.5) is 0 Å². The predicted molar refractivity (Wildman–Crippen MR) is 50.6 cm³/mol. The van der Waals surface area contributed by atoms with Gasteiger partial charge in [0.1, 0.15) is 0 Å². The number of hydrogen-bond donors (Lipinski definition) is 0. The first-order valence-corrected chi connectivity index (χ1v) is 4.97. The van der Waals surface area contributed by atoms with Gasteiger partial charge in [0.25, 0.3) is 0 Å². The summed E-state index contributed by atoms with van der Waals surface area (Å²) in [7, 11) is 0. The lowest BCUT2D eigenvalue weighted by molar-refractivity contribution is 0.591. The van der Waals surface area contributed by atoms with Crippen LogP contribution in [0.1, 0.15) is 10.6 Å². The second-order valence-corrected chi connectivity index (χ2v) is 3.72. The van der Waals surface area contributed by atoms with Crippen molar-refractivity contribution in [3.8, 4) is 0 Å². The maximum atomic E-state index is 4.19. The summed E-state index contributed by atoms with van der Waals surface area (Å²) in [6, 6.07) is 0. The summed E-state index contributed by atoms with van der Waals surface area (Å²) in [5, 5.41) is 7.64. The Balaban J connectivity index is 1.97. The van der Waals surface area contributed by atoms with E-state index in [0.717, 1.165) is 18.7 Å². The third kappa shape index (κ3) is 1.92. The van der Waals surface area contributed by atoms with Crippen LogP contribution in [0.15, 0.2) is 17.9 Å². The third-order valence-corrected chi connectivity index (χ3v) is 2.88. The molecule has 0 spiro atoms. The lowest BCUT2D eigenvalue weighted by Gasteiger charge is -1.98. The van der Waals surface area contributed by atoms with Crippen LogP contribution >= 0.6 is 11.3 Å². The van der Waals surface area contributed by atoms with Gasteiger partial charge in [-0.3, -0.25) is 4.68 Å². The standard InChI is InChI=1S/C8H10N4S/c1-7-8(13-6-9-7)2-4-12-5-3-10-11-12/h3,5-6H,2,4H2,1H3. The average molecular weight is 194 g/mol. The molecule has 0 fully saturated rings. The van der Waals surface area contributed by atoms with Crippen LogP contribution in [0.3, 0.4) is 0 Å². The van der Waals surface area contributed by atoms with Crippen molar-refractivity contribution in [1.29, 1.82) is 0 Å². The third-order valence-electron chi connectivity index (χ3n) is 1.88. The molecule has 5 heteroatoms. The summed E-state index contributed by atoms with van der Waals surface area (Å²) in [5.74, 6) is 0. The van der Waals surface area contributed by atoms with Crippen molar-refractivity contribution in [3.05, 3.63) is 28.5 Å². The van der Waals surface area contributed by atoms with Gasteiger partial charge in [-0.15, -0.1) is 16.4 Å². The van der Waals surface area contributed by atoms with Gasteiger partial charge in [0, 0.05) is 24.0 Å². The monoisotopic (exact) mass is 194 g/mol. The van der Waals surface area contributed by atoms with Gasteiger partial charge in [0.15, 0.2) is 0 Å². The highest BCUT2D eigenvalue weighted by atomic mass is 32.1. The topological polar surface area (TPSA) is 43.6 Å². The fourth-order valence-electron chi connectivity index (χ4n) is 1.13. The van der Waals surface area contributed by atoms with Gasteiger partial charge in [0.05, 0.1) is 17.4 Å². The normalized spacial score (nSPS) is 10.5. The maximum Gasteiger partial charge on any atom is 0.0797 e. The van der Waals surface area contributed by atoms with Crippen molar-refractivity contribution in [1.82, 2.24) is 20.0 Å². The van der Waals surface area contributed by atoms with Crippen molar-refractivity contribution in [2.75, 3.05) is 0 Å². The van der Waals surface area contributed by atoms with Gasteiger partial charge in [-0.1, -0.05) is 5.21 Å². The molecule has 2 aromatic heterocycles. The zero-order valence-electron chi connectivity index (χ0n) is 7.34. The molecule has 13 heavy (non-hydrogen) atoms. The molecule has 0 saturated carbocycles. The molecule has 0 atom stereocenters. The van der Waals surface area contributed by atoms with Crippen molar-refractivity contribution >= 4 is 11.3 Å². The number of thiazole rings is 1. The molecule has 0 aromatic carbocycles. The van der Waals surface area contributed by atoms with E-state index in [0.29, 0.717) is 0 Å². The van der Waals surface area contributed by atoms with Crippen LogP contribution in [0.5, 0.6) is 0 Å². The maximum absolute atomic E-state index is 4.19. The Morgan fingerprint density at radius 2 is 2.46 bits per heavy atom. The van der Waals surface area contributed by atoms with E-state index in [-0.39, 0.29) is 0 Å². The van der Waals surface area contributed by atoms with Crippen LogP contribution in [-0.2, 0) is 13.0 Å². The molecule has 68 valence electrons. The molecule has 0 aliphatic carbocycles. The number of aryl methyl sites for hydroxylation is 3. The van der Waals surface area contributed by atoms with Crippen molar-refractivity contribution in [2.45, 2.75) is 19.9 Å². The minimum absolute atomic E-state index is 0.878. The van der Waals surface area contributed by atoms with E-state index >= 15 is 0 Å². The van der Waals surface area contributed by atoms with Crippen molar-refractivity contribution < 1.29 is 0 Å². The molecular formula is C8H10N4S. The van der Waals surface area contributed by atoms with Gasteiger partial charge in [-0.05, 0) is 6.92 Å². The van der Waals surface area contributed by atoms with E-state index < -0.39 is 0 Å². The highest BCUT2D eigenvalue weighted by Crippen LogP contribution is 2.12. The summed E-state index contributed by atoms with van der Waals surface area (Å²) in [4.78, 5) is 5.52. The molecule has 0 aliphatic rings. The Bertz CT molecular complexity index is 365. The molecule has 2 rings (SSSR count). The smallest absolute Gasteiger partial charge is 0.0797 e. The molecule has 0 aliphatic heterocycles. The zero-order chi connectivity index (χ0) is 9.10. The predicted octanol–water partition coefficient (Wildman–Crippen LogP) is 1.29. The van der Waals surface area contributed by atoms with Gasteiger partial charge in [-0.2, -0.15) is 0 Å². The van der Waals surface area contributed by atoms with Gasteiger partial charge in [0.2, 0.25) is 0 Å². The molecule has 0 bridgehead atoms. The number of hydrogen-bond acceptors (Lipinski definition) is 4. The molecule has 2 aromatic rings. The summed E-state index contributed by atoms with van der Waals surface area (Å²) in [6.45, 7) is 2.91. The van der Waals surface area contributed by atoms with E-state index in [4.69, 9.17) is 0 Å². The quantitative estimate of drug-likeness (QED) is 0.739. The molecular weight excluding hydrogens is 184 g/mol. The van der Waals surface area contributed by atoms with Gasteiger partial charge < -0.3 is 0 Å². The highest BCUT2D eigenvalue weighted by Gasteiger charge is 2.01. The molecule has 4 nitrogen and oxygen atoms in total. The minimum Gasteiger partial charge on any atom is -0.252 e. The van der Waals surface area contributed by atoms with Crippen LogP contribution in [0, 0.1) is 6.92 Å². The van der Waals surface area contributed by atoms with Crippen molar-refractivity contribution in [3.63, 3.8) is 0 Å². The fraction of sp³-hybridized carbons (Fsp3) is 0.375. The first-order chi connectivity index (χ1) is 6.36. The van der Waals surface area contributed by atoms with E-state index in [1.54, 1.807) is 17.5 Å². The van der Waals surface area contributed by atoms with Crippen LogP contribution in [0.25, 0.3) is 0 Å². The van der Waals surface area contributed by atoms with E-state index in [2.05, 4.69) is 15.3 Å². The molecule has 0 radical (unpaired) electrons. The van der Waals surface area contributed by atoms with E-state index in [9.17, 15) is 0 Å². The average Bonchev–Trinajstić information content (AvgIpc) is 2.72. The first-order valence-electron chi connectivity index (χ1n) is 4.09. The van der Waals surface area contributed by atoms with E-state index in [1.165, 1.54) is 4.88 Å². The largest absolute Gasteiger partial charge is 0.252 e. The Kier molecular flexibility index (Phi) is 2.35. The minimum atomic E-state index is 0.878. The zero-order valence-corrected chi connectivity index (χ0v) is 8.16. The van der Waals surface area contributed by atoms with Gasteiger partial charge >= 0.3 is 0 Å². The Morgan fingerprint density at radius 3 is 3.08 bits per heavy atom. The first kappa shape index (κ1) is 8.37. The molecule has 0 saturated heterocycles. The molecule has 0 unspecified atom stereocenters.